The lowest BCUT2D eigenvalue weighted by atomic mass is 9.94. The van der Waals surface area contributed by atoms with E-state index in [1.54, 1.807) is 7.11 Å². The summed E-state index contributed by atoms with van der Waals surface area (Å²) in [6, 6.07) is 17.5. The van der Waals surface area contributed by atoms with E-state index in [4.69, 9.17) is 10.5 Å². The second-order valence-corrected chi connectivity index (χ2v) is 6.34. The largest absolute Gasteiger partial charge is 0.399 e. The molecule has 0 aromatic heterocycles. The SMILES string of the molecule is COCc1ccc(C(c2ccc(N)cc2)N2CCCCC2)cc1. The molecule has 1 aliphatic rings. The van der Waals surface area contributed by atoms with Crippen LogP contribution in [0.5, 0.6) is 0 Å². The third kappa shape index (κ3) is 3.92. The molecule has 3 rings (SSSR count). The van der Waals surface area contributed by atoms with Gasteiger partial charge in [0, 0.05) is 12.8 Å². The molecule has 0 spiro atoms. The van der Waals surface area contributed by atoms with Crippen LogP contribution in [0, 0.1) is 0 Å². The maximum absolute atomic E-state index is 5.87. The van der Waals surface area contributed by atoms with Gasteiger partial charge < -0.3 is 10.5 Å². The molecule has 0 saturated carbocycles. The van der Waals surface area contributed by atoms with Gasteiger partial charge >= 0.3 is 0 Å². The minimum Gasteiger partial charge on any atom is -0.399 e. The smallest absolute Gasteiger partial charge is 0.0713 e. The van der Waals surface area contributed by atoms with Crippen LogP contribution in [-0.4, -0.2) is 25.1 Å². The molecular formula is C20H26N2O. The van der Waals surface area contributed by atoms with Crippen LogP contribution in [0.3, 0.4) is 0 Å². The van der Waals surface area contributed by atoms with Crippen LogP contribution in [0.15, 0.2) is 48.5 Å². The second kappa shape index (κ2) is 7.62. The quantitative estimate of drug-likeness (QED) is 0.849. The minimum atomic E-state index is 0.312. The van der Waals surface area contributed by atoms with Crippen molar-refractivity contribution in [2.75, 3.05) is 25.9 Å². The highest BCUT2D eigenvalue weighted by molar-refractivity contribution is 5.42. The molecule has 0 aliphatic carbocycles. The summed E-state index contributed by atoms with van der Waals surface area (Å²) in [6.07, 6.45) is 3.91. The number of rotatable bonds is 5. The van der Waals surface area contributed by atoms with E-state index < -0.39 is 0 Å². The standard InChI is InChI=1S/C20H26N2O/c1-23-15-16-5-7-17(8-6-16)20(22-13-3-2-4-14-22)18-9-11-19(21)12-10-18/h5-12,20H,2-4,13-15,21H2,1H3. The maximum Gasteiger partial charge on any atom is 0.0713 e. The van der Waals surface area contributed by atoms with Gasteiger partial charge in [0.15, 0.2) is 0 Å². The number of nitrogens with two attached hydrogens (primary N) is 1. The van der Waals surface area contributed by atoms with Gasteiger partial charge in [0.25, 0.3) is 0 Å². The fraction of sp³-hybridized carbons (Fsp3) is 0.400. The van der Waals surface area contributed by atoms with E-state index in [9.17, 15) is 0 Å². The minimum absolute atomic E-state index is 0.312. The zero-order chi connectivity index (χ0) is 16.1. The lowest BCUT2D eigenvalue weighted by Crippen LogP contribution is -2.34. The monoisotopic (exact) mass is 310 g/mol. The number of piperidine rings is 1. The van der Waals surface area contributed by atoms with Crippen LogP contribution in [-0.2, 0) is 11.3 Å². The van der Waals surface area contributed by atoms with Crippen LogP contribution in [0.1, 0.15) is 42.0 Å². The van der Waals surface area contributed by atoms with Crippen molar-refractivity contribution in [3.63, 3.8) is 0 Å². The summed E-state index contributed by atoms with van der Waals surface area (Å²) in [5.74, 6) is 0. The molecule has 1 heterocycles. The Morgan fingerprint density at radius 1 is 0.913 bits per heavy atom. The average Bonchev–Trinajstić information content (AvgIpc) is 2.60. The molecule has 0 amide bonds. The van der Waals surface area contributed by atoms with Crippen LogP contribution in [0.25, 0.3) is 0 Å². The molecule has 1 saturated heterocycles. The van der Waals surface area contributed by atoms with Crippen LogP contribution in [0.4, 0.5) is 5.69 Å². The van der Waals surface area contributed by atoms with E-state index in [2.05, 4.69) is 41.3 Å². The zero-order valence-electron chi connectivity index (χ0n) is 13.9. The van der Waals surface area contributed by atoms with Crippen LogP contribution in [0.2, 0.25) is 0 Å². The van der Waals surface area contributed by atoms with E-state index in [0.717, 1.165) is 18.8 Å². The molecule has 0 radical (unpaired) electrons. The van der Waals surface area contributed by atoms with Crippen LogP contribution < -0.4 is 5.73 Å². The van der Waals surface area contributed by atoms with Crippen molar-refractivity contribution in [3.05, 3.63) is 65.2 Å². The number of ether oxygens (including phenoxy) is 1. The van der Waals surface area contributed by atoms with E-state index in [-0.39, 0.29) is 0 Å². The lowest BCUT2D eigenvalue weighted by molar-refractivity contribution is 0.183. The third-order valence-corrected chi connectivity index (χ3v) is 4.61. The molecule has 23 heavy (non-hydrogen) atoms. The number of benzene rings is 2. The first-order valence-electron chi connectivity index (χ1n) is 8.45. The van der Waals surface area contributed by atoms with E-state index >= 15 is 0 Å². The predicted molar refractivity (Wildman–Crippen MR) is 95.3 cm³/mol. The summed E-state index contributed by atoms with van der Waals surface area (Å²) in [5.41, 5.74) is 10.6. The number of nitrogens with zero attached hydrogens (tertiary/aromatic N) is 1. The van der Waals surface area contributed by atoms with Gasteiger partial charge in [-0.2, -0.15) is 0 Å². The van der Waals surface area contributed by atoms with Gasteiger partial charge in [0.05, 0.1) is 12.6 Å². The Kier molecular flexibility index (Phi) is 5.31. The number of likely N-dealkylation sites (tertiary alicyclic amines) is 1. The molecule has 2 aromatic rings. The first-order chi connectivity index (χ1) is 11.3. The molecule has 2 N–H and O–H groups in total. The van der Waals surface area contributed by atoms with Gasteiger partial charge in [0.1, 0.15) is 0 Å². The van der Waals surface area contributed by atoms with Gasteiger partial charge in [-0.05, 0) is 54.8 Å². The van der Waals surface area contributed by atoms with Crippen molar-refractivity contribution in [3.8, 4) is 0 Å². The van der Waals surface area contributed by atoms with Crippen molar-refractivity contribution in [2.24, 2.45) is 0 Å². The van der Waals surface area contributed by atoms with Gasteiger partial charge in [-0.15, -0.1) is 0 Å². The molecule has 1 fully saturated rings. The van der Waals surface area contributed by atoms with Crippen LogP contribution >= 0.6 is 0 Å². The molecular weight excluding hydrogens is 284 g/mol. The Morgan fingerprint density at radius 3 is 2.04 bits per heavy atom. The highest BCUT2D eigenvalue weighted by atomic mass is 16.5. The highest BCUT2D eigenvalue weighted by Gasteiger charge is 2.23. The average molecular weight is 310 g/mol. The fourth-order valence-corrected chi connectivity index (χ4v) is 3.43. The van der Waals surface area contributed by atoms with Crippen molar-refractivity contribution in [1.29, 1.82) is 0 Å². The van der Waals surface area contributed by atoms with Crippen molar-refractivity contribution in [1.82, 2.24) is 4.90 Å². The lowest BCUT2D eigenvalue weighted by Gasteiger charge is -2.35. The number of methoxy groups -OCH3 is 1. The first-order valence-corrected chi connectivity index (χ1v) is 8.45. The van der Waals surface area contributed by atoms with Gasteiger partial charge in [-0.25, -0.2) is 0 Å². The number of hydrogen-bond acceptors (Lipinski definition) is 3. The fourth-order valence-electron chi connectivity index (χ4n) is 3.43. The molecule has 3 heteroatoms. The Balaban J connectivity index is 1.91. The Hall–Kier alpha value is -1.84. The summed E-state index contributed by atoms with van der Waals surface area (Å²) in [5, 5.41) is 0. The van der Waals surface area contributed by atoms with E-state index in [0.29, 0.717) is 12.6 Å². The Morgan fingerprint density at radius 2 is 1.48 bits per heavy atom. The Bertz CT molecular complexity index is 601. The highest BCUT2D eigenvalue weighted by Crippen LogP contribution is 2.31. The third-order valence-electron chi connectivity index (χ3n) is 4.61. The molecule has 0 bridgehead atoms. The molecule has 2 aromatic carbocycles. The van der Waals surface area contributed by atoms with E-state index in [1.165, 1.54) is 36.0 Å². The summed E-state index contributed by atoms with van der Waals surface area (Å²) >= 11 is 0. The molecule has 122 valence electrons. The number of hydrogen-bond donors (Lipinski definition) is 1. The molecule has 1 unspecified atom stereocenters. The van der Waals surface area contributed by atoms with Crippen molar-refractivity contribution in [2.45, 2.75) is 31.9 Å². The first kappa shape index (κ1) is 16.0. The van der Waals surface area contributed by atoms with Crippen molar-refractivity contribution < 1.29 is 4.74 Å². The topological polar surface area (TPSA) is 38.5 Å². The van der Waals surface area contributed by atoms with Crippen molar-refractivity contribution >= 4 is 5.69 Å². The Labute approximate surface area is 139 Å². The molecule has 1 atom stereocenters. The summed E-state index contributed by atoms with van der Waals surface area (Å²) in [7, 11) is 1.73. The van der Waals surface area contributed by atoms with Gasteiger partial charge in [-0.1, -0.05) is 42.8 Å². The number of anilines is 1. The predicted octanol–water partition coefficient (Wildman–Crippen LogP) is 3.99. The molecule has 3 nitrogen and oxygen atoms in total. The summed E-state index contributed by atoms with van der Waals surface area (Å²) in [6.45, 7) is 2.99. The number of nitrogen functional groups attached to an aromatic ring is 1. The maximum atomic E-state index is 5.87. The van der Waals surface area contributed by atoms with Gasteiger partial charge in [-0.3, -0.25) is 4.90 Å². The summed E-state index contributed by atoms with van der Waals surface area (Å²) in [4.78, 5) is 2.60. The summed E-state index contributed by atoms with van der Waals surface area (Å²) < 4.78 is 5.22. The molecule has 1 aliphatic heterocycles. The zero-order valence-corrected chi connectivity index (χ0v) is 13.9. The van der Waals surface area contributed by atoms with Gasteiger partial charge in [0.2, 0.25) is 0 Å². The second-order valence-electron chi connectivity index (χ2n) is 6.34. The van der Waals surface area contributed by atoms with E-state index in [1.807, 2.05) is 12.1 Å². The normalized spacial score (nSPS) is 17.1.